The molecule has 0 aliphatic carbocycles. The minimum Gasteiger partial charge on any atom is -0.462 e. The van der Waals surface area contributed by atoms with Gasteiger partial charge in [-0.25, -0.2) is 5.48 Å². The van der Waals surface area contributed by atoms with Crippen molar-refractivity contribution >= 4 is 11.8 Å². The molecular weight excluding hydrogens is 332 g/mol. The van der Waals surface area contributed by atoms with E-state index in [2.05, 4.69) is 10.5 Å². The molecule has 2 aliphatic heterocycles. The molecule has 1 saturated heterocycles. The third-order valence-corrected chi connectivity index (χ3v) is 4.92. The zero-order chi connectivity index (χ0) is 18.4. The van der Waals surface area contributed by atoms with Crippen LogP contribution in [0.5, 0.6) is 0 Å². The quantitative estimate of drug-likeness (QED) is 0.790. The average molecular weight is 360 g/mol. The molecule has 2 heterocycles. The predicted molar refractivity (Wildman–Crippen MR) is 98.8 cm³/mol. The van der Waals surface area contributed by atoms with Gasteiger partial charge in [0.25, 0.3) is 0 Å². The molecule has 6 heteroatoms. The summed E-state index contributed by atoms with van der Waals surface area (Å²) < 4.78 is 10.9. The molecule has 0 spiro atoms. The van der Waals surface area contributed by atoms with Crippen LogP contribution in [0, 0.1) is 11.3 Å². The Morgan fingerprint density at radius 1 is 1.27 bits per heavy atom. The Labute approximate surface area is 154 Å². The molecule has 1 fully saturated rings. The van der Waals surface area contributed by atoms with Crippen LogP contribution in [0.4, 0.5) is 0 Å². The van der Waals surface area contributed by atoms with Crippen LogP contribution in [0.2, 0.25) is 0 Å². The van der Waals surface area contributed by atoms with Crippen LogP contribution in [-0.4, -0.2) is 44.3 Å². The lowest BCUT2D eigenvalue weighted by Crippen LogP contribution is -2.41. The first-order valence-corrected chi connectivity index (χ1v) is 9.31. The van der Waals surface area contributed by atoms with E-state index < -0.39 is 5.41 Å². The lowest BCUT2D eigenvalue weighted by molar-refractivity contribution is -0.160. The first kappa shape index (κ1) is 18.9. The summed E-state index contributed by atoms with van der Waals surface area (Å²) in [6.45, 7) is 6.16. The Morgan fingerprint density at radius 3 is 2.65 bits per heavy atom. The van der Waals surface area contributed by atoms with Gasteiger partial charge in [-0.05, 0) is 39.0 Å². The Hall–Kier alpha value is -1.92. The van der Waals surface area contributed by atoms with Gasteiger partial charge in [0.15, 0.2) is 5.84 Å². The van der Waals surface area contributed by atoms with E-state index in [1.807, 2.05) is 44.2 Å². The van der Waals surface area contributed by atoms with Gasteiger partial charge >= 0.3 is 5.97 Å². The van der Waals surface area contributed by atoms with Crippen LogP contribution in [-0.2, 0) is 19.1 Å². The number of aliphatic imine (C=N–C) groups is 1. The fourth-order valence-electron chi connectivity index (χ4n) is 3.35. The van der Waals surface area contributed by atoms with E-state index in [4.69, 9.17) is 14.3 Å². The maximum atomic E-state index is 12.5. The minimum absolute atomic E-state index is 0.176. The third-order valence-electron chi connectivity index (χ3n) is 4.92. The predicted octanol–water partition coefficient (Wildman–Crippen LogP) is 2.72. The number of hydrogen-bond acceptors (Lipinski definition) is 6. The molecule has 26 heavy (non-hydrogen) atoms. The number of rotatable bonds is 6. The Kier molecular flexibility index (Phi) is 6.27. The van der Waals surface area contributed by atoms with Crippen LogP contribution in [0.3, 0.4) is 0 Å². The lowest BCUT2D eigenvalue weighted by atomic mass is 9.80. The van der Waals surface area contributed by atoms with E-state index in [0.29, 0.717) is 18.3 Å². The molecule has 1 N–H and O–H groups in total. The maximum absolute atomic E-state index is 12.5. The Bertz CT molecular complexity index is 624. The van der Waals surface area contributed by atoms with Crippen molar-refractivity contribution in [1.82, 2.24) is 5.48 Å². The summed E-state index contributed by atoms with van der Waals surface area (Å²) in [6, 6.07) is 9.79. The van der Waals surface area contributed by atoms with Crippen molar-refractivity contribution in [2.45, 2.75) is 39.2 Å². The SMILES string of the molecule is CC(C)(CC1CCOCC1)C(=O)OC[C@H]1CN=C(c2ccccc2)NO1. The topological polar surface area (TPSA) is 69.2 Å². The lowest BCUT2D eigenvalue weighted by Gasteiger charge is -2.31. The number of hydrogen-bond donors (Lipinski definition) is 1. The summed E-state index contributed by atoms with van der Waals surface area (Å²) in [4.78, 5) is 22.6. The molecule has 3 rings (SSSR count). The van der Waals surface area contributed by atoms with E-state index >= 15 is 0 Å². The standard InChI is InChI=1S/C20H28N2O4/c1-20(2,12-15-8-10-24-11-9-15)19(23)25-14-17-13-21-18(22-26-17)16-6-4-3-5-7-16/h3-7,15,17H,8-14H2,1-2H3,(H,21,22)/t17-/m1/s1. The van der Waals surface area contributed by atoms with Crippen molar-refractivity contribution in [2.24, 2.45) is 16.3 Å². The van der Waals surface area contributed by atoms with Gasteiger partial charge in [-0.1, -0.05) is 30.3 Å². The van der Waals surface area contributed by atoms with Crippen molar-refractivity contribution in [3.05, 3.63) is 35.9 Å². The largest absolute Gasteiger partial charge is 0.462 e. The summed E-state index contributed by atoms with van der Waals surface area (Å²) in [5.41, 5.74) is 3.33. The fourth-order valence-corrected chi connectivity index (χ4v) is 3.35. The van der Waals surface area contributed by atoms with Gasteiger partial charge in [-0.3, -0.25) is 14.6 Å². The molecule has 1 aromatic rings. The highest BCUT2D eigenvalue weighted by molar-refractivity contribution is 5.98. The number of esters is 1. The number of ether oxygens (including phenoxy) is 2. The zero-order valence-corrected chi connectivity index (χ0v) is 15.6. The molecule has 0 radical (unpaired) electrons. The number of benzene rings is 1. The van der Waals surface area contributed by atoms with Crippen molar-refractivity contribution in [3.8, 4) is 0 Å². The minimum atomic E-state index is -0.497. The normalized spacial score (nSPS) is 21.6. The number of amidine groups is 1. The summed E-state index contributed by atoms with van der Waals surface area (Å²) in [7, 11) is 0. The zero-order valence-electron chi connectivity index (χ0n) is 15.6. The second kappa shape index (κ2) is 8.64. The molecule has 142 valence electrons. The molecule has 1 aromatic carbocycles. The van der Waals surface area contributed by atoms with Gasteiger partial charge in [0.1, 0.15) is 12.7 Å². The van der Waals surface area contributed by atoms with Crippen molar-refractivity contribution < 1.29 is 19.1 Å². The number of nitrogens with one attached hydrogen (secondary N) is 1. The first-order valence-electron chi connectivity index (χ1n) is 9.31. The van der Waals surface area contributed by atoms with Gasteiger partial charge in [0.05, 0.1) is 12.0 Å². The van der Waals surface area contributed by atoms with Gasteiger partial charge in [-0.15, -0.1) is 0 Å². The molecule has 0 saturated carbocycles. The molecule has 6 nitrogen and oxygen atoms in total. The monoisotopic (exact) mass is 360 g/mol. The van der Waals surface area contributed by atoms with E-state index in [0.717, 1.165) is 38.0 Å². The molecule has 0 amide bonds. The van der Waals surface area contributed by atoms with Gasteiger partial charge in [0, 0.05) is 18.8 Å². The molecular formula is C20H28N2O4. The second-order valence-corrected chi connectivity index (χ2v) is 7.64. The van der Waals surface area contributed by atoms with Crippen LogP contribution in [0.25, 0.3) is 0 Å². The third kappa shape index (κ3) is 5.05. The number of hydroxylamine groups is 1. The van der Waals surface area contributed by atoms with Crippen molar-refractivity contribution in [1.29, 1.82) is 0 Å². The molecule has 0 bridgehead atoms. The molecule has 0 unspecified atom stereocenters. The molecule has 0 aromatic heterocycles. The highest BCUT2D eigenvalue weighted by Gasteiger charge is 2.34. The van der Waals surface area contributed by atoms with Gasteiger partial charge < -0.3 is 9.47 Å². The van der Waals surface area contributed by atoms with E-state index in [9.17, 15) is 4.79 Å². The van der Waals surface area contributed by atoms with E-state index in [1.165, 1.54) is 0 Å². The van der Waals surface area contributed by atoms with Crippen LogP contribution >= 0.6 is 0 Å². The van der Waals surface area contributed by atoms with Crippen LogP contribution in [0.15, 0.2) is 35.3 Å². The first-order chi connectivity index (χ1) is 12.5. The number of carbonyl (C=O) groups is 1. The number of nitrogens with zero attached hydrogens (tertiary/aromatic N) is 1. The fraction of sp³-hybridized carbons (Fsp3) is 0.600. The Morgan fingerprint density at radius 2 is 2.00 bits per heavy atom. The summed E-state index contributed by atoms with van der Waals surface area (Å²) >= 11 is 0. The van der Waals surface area contributed by atoms with Crippen LogP contribution < -0.4 is 5.48 Å². The average Bonchev–Trinajstić information content (AvgIpc) is 2.67. The molecule has 2 aliphatic rings. The molecule has 1 atom stereocenters. The number of carbonyl (C=O) groups excluding carboxylic acids is 1. The van der Waals surface area contributed by atoms with Crippen molar-refractivity contribution in [2.75, 3.05) is 26.4 Å². The van der Waals surface area contributed by atoms with Gasteiger partial charge in [0.2, 0.25) is 0 Å². The maximum Gasteiger partial charge on any atom is 0.311 e. The van der Waals surface area contributed by atoms with Crippen LogP contribution in [0.1, 0.15) is 38.7 Å². The second-order valence-electron chi connectivity index (χ2n) is 7.64. The summed E-state index contributed by atoms with van der Waals surface area (Å²) in [5, 5.41) is 0. The Balaban J connectivity index is 1.45. The van der Waals surface area contributed by atoms with Crippen molar-refractivity contribution in [3.63, 3.8) is 0 Å². The summed E-state index contributed by atoms with van der Waals surface area (Å²) in [5.74, 6) is 1.05. The van der Waals surface area contributed by atoms with E-state index in [-0.39, 0.29) is 18.7 Å². The van der Waals surface area contributed by atoms with Gasteiger partial charge in [-0.2, -0.15) is 0 Å². The summed E-state index contributed by atoms with van der Waals surface area (Å²) in [6.07, 6.45) is 2.59. The van der Waals surface area contributed by atoms with E-state index in [1.54, 1.807) is 0 Å². The highest BCUT2D eigenvalue weighted by Crippen LogP contribution is 2.32. The smallest absolute Gasteiger partial charge is 0.311 e. The highest BCUT2D eigenvalue weighted by atomic mass is 16.7.